The van der Waals surface area contributed by atoms with E-state index in [1.807, 2.05) is 31.2 Å². The number of hydrogen-bond donors (Lipinski definition) is 2. The Morgan fingerprint density at radius 2 is 1.88 bits per heavy atom. The quantitative estimate of drug-likeness (QED) is 0.675. The van der Waals surface area contributed by atoms with Gasteiger partial charge < -0.3 is 11.1 Å². The van der Waals surface area contributed by atoms with Crippen LogP contribution in [-0.2, 0) is 0 Å². The smallest absolute Gasteiger partial charge is 0.153 e. The minimum Gasteiger partial charge on any atom is -0.396 e. The molecule has 1 atom stereocenters. The molecule has 24 heavy (non-hydrogen) atoms. The number of nitrogen functional groups attached to an aromatic ring is 1. The van der Waals surface area contributed by atoms with Crippen LogP contribution in [0.1, 0.15) is 18.5 Å². The highest BCUT2D eigenvalue weighted by Gasteiger charge is 2.14. The SMILES string of the molecule is C[C@H](Nc1nccnc1-c1ccc(N)c(F)c1)c1ccccc1Cl. The molecule has 0 unspecified atom stereocenters. The number of nitrogens with one attached hydrogen (secondary N) is 1. The number of hydrogen-bond acceptors (Lipinski definition) is 4. The summed E-state index contributed by atoms with van der Waals surface area (Å²) in [5, 5.41) is 3.96. The normalized spacial score (nSPS) is 12.0. The van der Waals surface area contributed by atoms with Crippen molar-refractivity contribution >= 4 is 23.1 Å². The van der Waals surface area contributed by atoms with Crippen molar-refractivity contribution in [2.45, 2.75) is 13.0 Å². The molecule has 0 fully saturated rings. The molecular weight excluding hydrogens is 327 g/mol. The molecule has 0 aliphatic rings. The number of nitrogens with zero attached hydrogens (tertiary/aromatic N) is 2. The van der Waals surface area contributed by atoms with Crippen LogP contribution in [0.2, 0.25) is 5.02 Å². The third kappa shape index (κ3) is 3.31. The van der Waals surface area contributed by atoms with Crippen molar-refractivity contribution in [2.75, 3.05) is 11.1 Å². The molecule has 0 saturated carbocycles. The molecule has 3 aromatic rings. The van der Waals surface area contributed by atoms with E-state index < -0.39 is 5.82 Å². The summed E-state index contributed by atoms with van der Waals surface area (Å²) in [4.78, 5) is 8.66. The minimum atomic E-state index is -0.483. The average molecular weight is 343 g/mol. The molecule has 3 N–H and O–H groups in total. The zero-order valence-corrected chi connectivity index (χ0v) is 13.8. The third-order valence-electron chi connectivity index (χ3n) is 3.70. The Morgan fingerprint density at radius 3 is 2.62 bits per heavy atom. The van der Waals surface area contributed by atoms with Crippen molar-refractivity contribution in [1.82, 2.24) is 9.97 Å². The van der Waals surface area contributed by atoms with Crippen molar-refractivity contribution in [3.8, 4) is 11.3 Å². The minimum absolute atomic E-state index is 0.0900. The Balaban J connectivity index is 1.95. The molecule has 122 valence electrons. The predicted molar refractivity (Wildman–Crippen MR) is 95.3 cm³/mol. The van der Waals surface area contributed by atoms with Crippen molar-refractivity contribution in [2.24, 2.45) is 0 Å². The van der Waals surface area contributed by atoms with E-state index >= 15 is 0 Å². The van der Waals surface area contributed by atoms with Gasteiger partial charge in [0.15, 0.2) is 5.82 Å². The summed E-state index contributed by atoms with van der Waals surface area (Å²) in [6.45, 7) is 1.98. The maximum Gasteiger partial charge on any atom is 0.153 e. The Labute approximate surface area is 144 Å². The van der Waals surface area contributed by atoms with Crippen LogP contribution in [0.3, 0.4) is 0 Å². The highest BCUT2D eigenvalue weighted by atomic mass is 35.5. The molecule has 0 saturated heterocycles. The van der Waals surface area contributed by atoms with Gasteiger partial charge in [-0.1, -0.05) is 35.9 Å². The van der Waals surface area contributed by atoms with Gasteiger partial charge in [0.05, 0.1) is 11.7 Å². The summed E-state index contributed by atoms with van der Waals surface area (Å²) in [6.07, 6.45) is 3.15. The van der Waals surface area contributed by atoms with Gasteiger partial charge in [-0.05, 0) is 30.7 Å². The Morgan fingerprint density at radius 1 is 1.12 bits per heavy atom. The monoisotopic (exact) mass is 342 g/mol. The lowest BCUT2D eigenvalue weighted by atomic mass is 10.1. The molecule has 0 bridgehead atoms. The first-order valence-corrected chi connectivity index (χ1v) is 7.81. The van der Waals surface area contributed by atoms with Crippen LogP contribution in [0.25, 0.3) is 11.3 Å². The molecule has 6 heteroatoms. The van der Waals surface area contributed by atoms with Gasteiger partial charge in [0, 0.05) is 23.0 Å². The maximum absolute atomic E-state index is 13.8. The van der Waals surface area contributed by atoms with Gasteiger partial charge in [-0.25, -0.2) is 9.37 Å². The van der Waals surface area contributed by atoms with Gasteiger partial charge >= 0.3 is 0 Å². The number of aromatic nitrogens is 2. The molecule has 3 rings (SSSR count). The number of benzene rings is 2. The second-order valence-electron chi connectivity index (χ2n) is 5.38. The molecular formula is C18H16ClFN4. The van der Waals surface area contributed by atoms with E-state index in [9.17, 15) is 4.39 Å². The van der Waals surface area contributed by atoms with Gasteiger partial charge in [0.2, 0.25) is 0 Å². The lowest BCUT2D eigenvalue weighted by Crippen LogP contribution is -2.10. The van der Waals surface area contributed by atoms with E-state index in [-0.39, 0.29) is 11.7 Å². The van der Waals surface area contributed by atoms with E-state index in [1.165, 1.54) is 12.1 Å². The summed E-state index contributed by atoms with van der Waals surface area (Å²) in [7, 11) is 0. The van der Waals surface area contributed by atoms with Gasteiger partial charge in [-0.3, -0.25) is 4.98 Å². The maximum atomic E-state index is 13.8. The zero-order valence-electron chi connectivity index (χ0n) is 13.0. The van der Waals surface area contributed by atoms with Crippen LogP contribution in [-0.4, -0.2) is 9.97 Å². The fraction of sp³-hybridized carbons (Fsp3) is 0.111. The van der Waals surface area contributed by atoms with Gasteiger partial charge in [0.25, 0.3) is 0 Å². The highest BCUT2D eigenvalue weighted by Crippen LogP contribution is 2.30. The van der Waals surface area contributed by atoms with Crippen LogP contribution >= 0.6 is 11.6 Å². The van der Waals surface area contributed by atoms with Crippen molar-refractivity contribution in [1.29, 1.82) is 0 Å². The molecule has 0 aliphatic heterocycles. The van der Waals surface area contributed by atoms with E-state index in [2.05, 4.69) is 15.3 Å². The van der Waals surface area contributed by atoms with Crippen LogP contribution in [0.4, 0.5) is 15.9 Å². The Hall–Kier alpha value is -2.66. The lowest BCUT2D eigenvalue weighted by Gasteiger charge is -2.18. The largest absolute Gasteiger partial charge is 0.396 e. The van der Waals surface area contributed by atoms with Crippen molar-refractivity contribution < 1.29 is 4.39 Å². The number of rotatable bonds is 4. The fourth-order valence-electron chi connectivity index (χ4n) is 2.44. The zero-order chi connectivity index (χ0) is 17.1. The lowest BCUT2D eigenvalue weighted by molar-refractivity contribution is 0.633. The van der Waals surface area contributed by atoms with E-state index in [0.29, 0.717) is 22.1 Å². The molecule has 1 heterocycles. The molecule has 4 nitrogen and oxygen atoms in total. The van der Waals surface area contributed by atoms with Gasteiger partial charge in [0.1, 0.15) is 11.5 Å². The van der Waals surface area contributed by atoms with Crippen molar-refractivity contribution in [3.63, 3.8) is 0 Å². The van der Waals surface area contributed by atoms with E-state index in [1.54, 1.807) is 18.5 Å². The summed E-state index contributed by atoms with van der Waals surface area (Å²) in [6, 6.07) is 12.1. The fourth-order valence-corrected chi connectivity index (χ4v) is 2.74. The van der Waals surface area contributed by atoms with Crippen LogP contribution < -0.4 is 11.1 Å². The molecule has 0 spiro atoms. The summed E-state index contributed by atoms with van der Waals surface area (Å²) in [5.41, 5.74) is 7.73. The van der Waals surface area contributed by atoms with Gasteiger partial charge in [-0.2, -0.15) is 0 Å². The van der Waals surface area contributed by atoms with Crippen molar-refractivity contribution in [3.05, 3.63) is 71.3 Å². The van der Waals surface area contributed by atoms with Crippen LogP contribution in [0, 0.1) is 5.82 Å². The molecule has 0 amide bonds. The first-order chi connectivity index (χ1) is 11.6. The summed E-state index contributed by atoms with van der Waals surface area (Å²) < 4.78 is 13.8. The topological polar surface area (TPSA) is 63.8 Å². The van der Waals surface area contributed by atoms with Crippen LogP contribution in [0.15, 0.2) is 54.9 Å². The van der Waals surface area contributed by atoms with E-state index in [4.69, 9.17) is 17.3 Å². The molecule has 0 radical (unpaired) electrons. The standard InChI is InChI=1S/C18H16ClFN4/c1-11(13-4-2-3-5-14(13)19)24-18-17(22-8-9-23-18)12-6-7-16(21)15(20)10-12/h2-11H,21H2,1H3,(H,23,24)/t11-/m0/s1. The Bertz CT molecular complexity index is 869. The molecule has 1 aromatic heterocycles. The Kier molecular flexibility index (Phi) is 4.62. The first kappa shape index (κ1) is 16.2. The first-order valence-electron chi connectivity index (χ1n) is 7.43. The summed E-state index contributed by atoms with van der Waals surface area (Å²) in [5.74, 6) is 0.0670. The molecule has 2 aromatic carbocycles. The second kappa shape index (κ2) is 6.84. The third-order valence-corrected chi connectivity index (χ3v) is 4.04. The second-order valence-corrected chi connectivity index (χ2v) is 5.78. The summed E-state index contributed by atoms with van der Waals surface area (Å²) >= 11 is 6.24. The van der Waals surface area contributed by atoms with Crippen LogP contribution in [0.5, 0.6) is 0 Å². The highest BCUT2D eigenvalue weighted by molar-refractivity contribution is 6.31. The molecule has 0 aliphatic carbocycles. The number of nitrogens with two attached hydrogens (primary N) is 1. The number of anilines is 2. The van der Waals surface area contributed by atoms with Gasteiger partial charge in [-0.15, -0.1) is 0 Å². The van der Waals surface area contributed by atoms with E-state index in [0.717, 1.165) is 5.56 Å². The predicted octanol–water partition coefficient (Wildman–Crippen LogP) is 4.69. The average Bonchev–Trinajstić information content (AvgIpc) is 2.58. The number of halogens is 2.